The molecule has 1 aliphatic heterocycles. The minimum absolute atomic E-state index is 0.0288. The van der Waals surface area contributed by atoms with Crippen LogP contribution in [0, 0.1) is 6.92 Å². The number of amides is 1. The third-order valence-corrected chi connectivity index (χ3v) is 6.94. The van der Waals surface area contributed by atoms with Gasteiger partial charge in [0, 0.05) is 25.2 Å². The van der Waals surface area contributed by atoms with Crippen molar-refractivity contribution in [1.29, 1.82) is 0 Å². The molecular weight excluding hydrogens is 485 g/mol. The molecule has 2 aromatic heterocycles. The standard InChI is InChI=1S/C24H26N5O6P/c1-3-29-20(12-15(2)27-29)23(30)26-24-25-18-13-21-22(35-11-10-34-21)14-19(18)28(24)9-8-16-4-6-17(7-5-16)36(31,32)33/h4-7,12-14H,3,8-11H2,1-2H3,(H,25,26,30)(H2,31,32,33). The molecule has 11 nitrogen and oxygen atoms in total. The number of fused-ring (bicyclic) bond motifs is 2. The molecule has 1 aliphatic rings. The van der Waals surface area contributed by atoms with Crippen molar-refractivity contribution in [2.24, 2.45) is 0 Å². The van der Waals surface area contributed by atoms with Crippen LogP contribution in [0.4, 0.5) is 5.95 Å². The molecule has 0 fully saturated rings. The second-order valence-corrected chi connectivity index (χ2v) is 10.1. The number of nitrogens with zero attached hydrogens (tertiary/aromatic N) is 4. The number of imidazole rings is 1. The first-order valence-electron chi connectivity index (χ1n) is 11.5. The Bertz CT molecular complexity index is 1490. The van der Waals surface area contributed by atoms with Crippen molar-refractivity contribution in [2.75, 3.05) is 18.5 Å². The van der Waals surface area contributed by atoms with Crippen LogP contribution in [0.3, 0.4) is 0 Å². The Labute approximate surface area is 206 Å². The lowest BCUT2D eigenvalue weighted by Gasteiger charge is -2.18. The number of aryl methyl sites for hydroxylation is 4. The van der Waals surface area contributed by atoms with E-state index in [2.05, 4.69) is 15.4 Å². The van der Waals surface area contributed by atoms with E-state index in [-0.39, 0.29) is 11.2 Å². The Hall–Kier alpha value is -3.66. The summed E-state index contributed by atoms with van der Waals surface area (Å²) in [5.41, 5.74) is 3.47. The van der Waals surface area contributed by atoms with E-state index in [1.807, 2.05) is 24.5 Å². The molecule has 188 valence electrons. The van der Waals surface area contributed by atoms with Crippen molar-refractivity contribution in [3.8, 4) is 11.5 Å². The van der Waals surface area contributed by atoms with Gasteiger partial charge in [0.1, 0.15) is 18.9 Å². The van der Waals surface area contributed by atoms with Crippen LogP contribution in [-0.2, 0) is 24.1 Å². The quantitative estimate of drug-likeness (QED) is 0.322. The third kappa shape index (κ3) is 4.73. The molecule has 0 aliphatic carbocycles. The average Bonchev–Trinajstić information content (AvgIpc) is 3.40. The van der Waals surface area contributed by atoms with E-state index in [0.29, 0.717) is 61.4 Å². The topological polar surface area (TPSA) is 141 Å². The highest BCUT2D eigenvalue weighted by Crippen LogP contribution is 2.36. The van der Waals surface area contributed by atoms with Crippen LogP contribution in [0.1, 0.15) is 28.7 Å². The highest BCUT2D eigenvalue weighted by Gasteiger charge is 2.22. The van der Waals surface area contributed by atoms with Gasteiger partial charge in [0.05, 0.1) is 22.0 Å². The first-order chi connectivity index (χ1) is 17.2. The Kier molecular flexibility index (Phi) is 6.29. The van der Waals surface area contributed by atoms with Gasteiger partial charge in [-0.1, -0.05) is 12.1 Å². The highest BCUT2D eigenvalue weighted by molar-refractivity contribution is 7.60. The average molecular weight is 511 g/mol. The fraction of sp³-hybridized carbons (Fsp3) is 0.292. The SMILES string of the molecule is CCn1nc(C)cc1C(=O)Nc1nc2cc3c(cc2n1CCc1ccc(P(=O)(O)O)cc1)OCCO3. The zero-order valence-corrected chi connectivity index (χ0v) is 20.7. The molecular formula is C24H26N5O6P. The molecule has 0 bridgehead atoms. The molecule has 5 rings (SSSR count). The van der Waals surface area contributed by atoms with E-state index in [4.69, 9.17) is 9.47 Å². The summed E-state index contributed by atoms with van der Waals surface area (Å²) < 4.78 is 26.5. The number of ether oxygens (including phenoxy) is 2. The summed E-state index contributed by atoms with van der Waals surface area (Å²) in [5.74, 6) is 1.26. The summed E-state index contributed by atoms with van der Waals surface area (Å²) in [5, 5.41) is 7.25. The Morgan fingerprint density at radius 2 is 1.81 bits per heavy atom. The Morgan fingerprint density at radius 1 is 1.11 bits per heavy atom. The molecule has 0 saturated heterocycles. The van der Waals surface area contributed by atoms with E-state index in [1.165, 1.54) is 12.1 Å². The van der Waals surface area contributed by atoms with Crippen LogP contribution in [0.2, 0.25) is 0 Å². The van der Waals surface area contributed by atoms with Crippen LogP contribution < -0.4 is 20.1 Å². The smallest absolute Gasteiger partial charge is 0.356 e. The molecule has 36 heavy (non-hydrogen) atoms. The molecule has 3 heterocycles. The van der Waals surface area contributed by atoms with Crippen molar-refractivity contribution in [3.05, 3.63) is 59.4 Å². The van der Waals surface area contributed by atoms with Crippen LogP contribution >= 0.6 is 7.60 Å². The second-order valence-electron chi connectivity index (χ2n) is 8.47. The lowest BCUT2D eigenvalue weighted by atomic mass is 10.1. The zero-order valence-electron chi connectivity index (χ0n) is 19.8. The van der Waals surface area contributed by atoms with Gasteiger partial charge in [-0.2, -0.15) is 5.10 Å². The molecule has 1 amide bonds. The third-order valence-electron chi connectivity index (χ3n) is 5.97. The number of anilines is 1. The van der Waals surface area contributed by atoms with Gasteiger partial charge in [-0.05, 0) is 44.0 Å². The van der Waals surface area contributed by atoms with E-state index < -0.39 is 7.60 Å². The van der Waals surface area contributed by atoms with Crippen LogP contribution in [0.5, 0.6) is 11.5 Å². The molecule has 0 saturated carbocycles. The molecule has 4 aromatic rings. The number of aromatic nitrogens is 4. The number of carbonyl (C=O) groups excluding carboxylic acids is 1. The number of nitrogens with one attached hydrogen (secondary N) is 1. The monoisotopic (exact) mass is 511 g/mol. The van der Waals surface area contributed by atoms with Gasteiger partial charge in [-0.3, -0.25) is 19.4 Å². The van der Waals surface area contributed by atoms with Gasteiger partial charge >= 0.3 is 7.60 Å². The normalized spacial score (nSPS) is 13.2. The van der Waals surface area contributed by atoms with Gasteiger partial charge in [0.15, 0.2) is 11.5 Å². The molecule has 0 radical (unpaired) electrons. The Balaban J connectivity index is 1.49. The maximum absolute atomic E-state index is 13.1. The van der Waals surface area contributed by atoms with Crippen LogP contribution in [0.25, 0.3) is 11.0 Å². The van der Waals surface area contributed by atoms with Gasteiger partial charge in [0.25, 0.3) is 5.91 Å². The predicted molar refractivity (Wildman–Crippen MR) is 133 cm³/mol. The zero-order chi connectivity index (χ0) is 25.4. The number of hydrogen-bond donors (Lipinski definition) is 3. The molecule has 3 N–H and O–H groups in total. The number of benzene rings is 2. The minimum atomic E-state index is -4.30. The second kappa shape index (κ2) is 9.42. The number of rotatable bonds is 7. The summed E-state index contributed by atoms with van der Waals surface area (Å²) in [7, 11) is -4.30. The largest absolute Gasteiger partial charge is 0.486 e. The van der Waals surface area contributed by atoms with E-state index in [0.717, 1.165) is 16.8 Å². The first-order valence-corrected chi connectivity index (χ1v) is 13.1. The van der Waals surface area contributed by atoms with Gasteiger partial charge in [0.2, 0.25) is 5.95 Å². The van der Waals surface area contributed by atoms with Crippen molar-refractivity contribution in [2.45, 2.75) is 33.4 Å². The van der Waals surface area contributed by atoms with Crippen LogP contribution in [-0.4, -0.2) is 48.2 Å². The predicted octanol–water partition coefficient (Wildman–Crippen LogP) is 2.63. The minimum Gasteiger partial charge on any atom is -0.486 e. The number of carbonyl (C=O) groups is 1. The van der Waals surface area contributed by atoms with Crippen molar-refractivity contribution in [1.82, 2.24) is 19.3 Å². The van der Waals surface area contributed by atoms with E-state index in [9.17, 15) is 19.1 Å². The Morgan fingerprint density at radius 3 is 2.47 bits per heavy atom. The maximum Gasteiger partial charge on any atom is 0.356 e. The molecule has 0 unspecified atom stereocenters. The summed E-state index contributed by atoms with van der Waals surface area (Å²) >= 11 is 0. The highest BCUT2D eigenvalue weighted by atomic mass is 31.2. The van der Waals surface area contributed by atoms with Gasteiger partial charge in [-0.25, -0.2) is 4.98 Å². The van der Waals surface area contributed by atoms with Gasteiger partial charge < -0.3 is 23.8 Å². The van der Waals surface area contributed by atoms with Crippen LogP contribution in [0.15, 0.2) is 42.5 Å². The molecule has 0 spiro atoms. The summed E-state index contributed by atoms with van der Waals surface area (Å²) in [6.07, 6.45) is 0.538. The van der Waals surface area contributed by atoms with Crippen molar-refractivity contribution >= 4 is 35.8 Å². The van der Waals surface area contributed by atoms with E-state index >= 15 is 0 Å². The summed E-state index contributed by atoms with van der Waals surface area (Å²) in [4.78, 5) is 36.5. The fourth-order valence-corrected chi connectivity index (χ4v) is 4.75. The van der Waals surface area contributed by atoms with Crippen molar-refractivity contribution < 1.29 is 28.6 Å². The van der Waals surface area contributed by atoms with Crippen molar-refractivity contribution in [3.63, 3.8) is 0 Å². The summed E-state index contributed by atoms with van der Waals surface area (Å²) in [6.45, 7) is 5.66. The maximum atomic E-state index is 13.1. The van der Waals surface area contributed by atoms with Gasteiger partial charge in [-0.15, -0.1) is 0 Å². The summed E-state index contributed by atoms with van der Waals surface area (Å²) in [6, 6.07) is 11.6. The fourth-order valence-electron chi connectivity index (χ4n) is 4.22. The van der Waals surface area contributed by atoms with E-state index in [1.54, 1.807) is 28.9 Å². The molecule has 2 aromatic carbocycles. The lowest BCUT2D eigenvalue weighted by molar-refractivity contribution is 0.101. The lowest BCUT2D eigenvalue weighted by Crippen LogP contribution is -2.20. The number of hydrogen-bond acceptors (Lipinski definition) is 6. The molecule has 0 atom stereocenters. The molecule has 12 heteroatoms. The first kappa shape index (κ1) is 24.1.